The minimum absolute atomic E-state index is 0.282. The Balaban J connectivity index is 1.72. The standard InChI is InChI=1S/C34H22F3N3O2/c35-28-18-16-23(20-29(28)36)17-19-31-27-21-33(40(41)42)30(37)22-32(27)39(38-31)34(24-10-4-1-5-11-24,25-12-6-2-7-13-25)26-14-8-3-9-15-26/h1-22H. The van der Waals surface area contributed by atoms with Crippen LogP contribution in [0.1, 0.15) is 27.9 Å². The number of fused-ring (bicyclic) bond motifs is 1. The average molecular weight is 562 g/mol. The molecule has 0 aliphatic rings. The molecule has 1 aromatic heterocycles. The first-order valence-corrected chi connectivity index (χ1v) is 13.1. The number of hydrogen-bond acceptors (Lipinski definition) is 3. The second-order valence-electron chi connectivity index (χ2n) is 9.69. The summed E-state index contributed by atoms with van der Waals surface area (Å²) in [5, 5.41) is 17.0. The van der Waals surface area contributed by atoms with Crippen molar-refractivity contribution in [1.82, 2.24) is 9.78 Å². The zero-order valence-corrected chi connectivity index (χ0v) is 22.0. The molecule has 0 aliphatic heterocycles. The molecule has 6 aromatic rings. The number of benzene rings is 5. The van der Waals surface area contributed by atoms with Gasteiger partial charge in [-0.25, -0.2) is 13.5 Å². The highest BCUT2D eigenvalue weighted by Crippen LogP contribution is 2.43. The highest BCUT2D eigenvalue weighted by atomic mass is 19.2. The highest BCUT2D eigenvalue weighted by Gasteiger charge is 2.41. The molecule has 0 amide bonds. The van der Waals surface area contributed by atoms with Crippen LogP contribution >= 0.6 is 0 Å². The number of nitro groups is 1. The Morgan fingerprint density at radius 3 is 1.71 bits per heavy atom. The lowest BCUT2D eigenvalue weighted by molar-refractivity contribution is -0.387. The van der Waals surface area contributed by atoms with Gasteiger partial charge in [0.1, 0.15) is 5.54 Å². The first kappa shape index (κ1) is 26.7. The lowest BCUT2D eigenvalue weighted by atomic mass is 9.77. The van der Waals surface area contributed by atoms with Crippen LogP contribution < -0.4 is 0 Å². The molecule has 42 heavy (non-hydrogen) atoms. The van der Waals surface area contributed by atoms with Crippen molar-refractivity contribution < 1.29 is 18.1 Å². The summed E-state index contributed by atoms with van der Waals surface area (Å²) in [5.74, 6) is -3.00. The Bertz CT molecular complexity index is 1840. The molecule has 0 bridgehead atoms. The lowest BCUT2D eigenvalue weighted by Gasteiger charge is -2.37. The molecule has 5 aromatic carbocycles. The Morgan fingerprint density at radius 1 is 0.667 bits per heavy atom. The lowest BCUT2D eigenvalue weighted by Crippen LogP contribution is -2.38. The molecule has 0 saturated carbocycles. The second-order valence-corrected chi connectivity index (χ2v) is 9.69. The topological polar surface area (TPSA) is 61.0 Å². The quantitative estimate of drug-likeness (QED) is 0.112. The summed E-state index contributed by atoms with van der Waals surface area (Å²) in [6.07, 6.45) is 3.08. The fraction of sp³-hybridized carbons (Fsp3) is 0.0294. The Labute approximate surface area is 239 Å². The molecule has 6 rings (SSSR count). The molecule has 0 atom stereocenters. The van der Waals surface area contributed by atoms with E-state index in [9.17, 15) is 18.9 Å². The molecule has 0 spiro atoms. The SMILES string of the molecule is O=[N+]([O-])c1cc2c(C=Cc3ccc(F)c(F)c3)nn(C(c3ccccc3)(c3ccccc3)c3ccccc3)c2cc1F. The molecule has 0 aliphatic carbocycles. The van der Waals surface area contributed by atoms with E-state index >= 15 is 4.39 Å². The fourth-order valence-electron chi connectivity index (χ4n) is 5.36. The number of hydrogen-bond donors (Lipinski definition) is 0. The third kappa shape index (κ3) is 4.53. The molecule has 0 radical (unpaired) electrons. The molecule has 0 N–H and O–H groups in total. The van der Waals surface area contributed by atoms with E-state index < -0.39 is 33.6 Å². The van der Waals surface area contributed by atoms with Crippen molar-refractivity contribution >= 4 is 28.7 Å². The maximum atomic E-state index is 15.3. The minimum Gasteiger partial charge on any atom is -0.258 e. The zero-order chi connectivity index (χ0) is 29.3. The van der Waals surface area contributed by atoms with Crippen LogP contribution in [0, 0.1) is 27.6 Å². The maximum Gasteiger partial charge on any atom is 0.305 e. The van der Waals surface area contributed by atoms with Crippen LogP contribution in [0.15, 0.2) is 121 Å². The fourth-order valence-corrected chi connectivity index (χ4v) is 5.36. The van der Waals surface area contributed by atoms with E-state index in [2.05, 4.69) is 0 Å². The summed E-state index contributed by atoms with van der Waals surface area (Å²) in [6.45, 7) is 0. The second kappa shape index (κ2) is 10.8. The zero-order valence-electron chi connectivity index (χ0n) is 22.0. The Morgan fingerprint density at radius 2 is 1.21 bits per heavy atom. The molecular formula is C34H22F3N3O2. The van der Waals surface area contributed by atoms with E-state index in [1.165, 1.54) is 12.1 Å². The average Bonchev–Trinajstić information content (AvgIpc) is 3.36. The van der Waals surface area contributed by atoms with Crippen LogP contribution in [0.3, 0.4) is 0 Å². The first-order valence-electron chi connectivity index (χ1n) is 13.1. The van der Waals surface area contributed by atoms with Gasteiger partial charge in [-0.15, -0.1) is 0 Å². The van der Waals surface area contributed by atoms with Crippen LogP contribution in [0.2, 0.25) is 0 Å². The van der Waals surface area contributed by atoms with Crippen molar-refractivity contribution in [3.8, 4) is 0 Å². The predicted molar refractivity (Wildman–Crippen MR) is 156 cm³/mol. The van der Waals surface area contributed by atoms with Gasteiger partial charge in [0.15, 0.2) is 11.6 Å². The third-order valence-electron chi connectivity index (χ3n) is 7.24. The minimum atomic E-state index is -1.13. The number of rotatable bonds is 7. The summed E-state index contributed by atoms with van der Waals surface area (Å²) in [5.41, 5.74) is 1.58. The van der Waals surface area contributed by atoms with Crippen LogP contribution in [0.4, 0.5) is 18.9 Å². The van der Waals surface area contributed by atoms with Crippen molar-refractivity contribution in [3.63, 3.8) is 0 Å². The van der Waals surface area contributed by atoms with Gasteiger partial charge < -0.3 is 0 Å². The van der Waals surface area contributed by atoms with E-state index in [0.29, 0.717) is 16.5 Å². The van der Waals surface area contributed by atoms with Gasteiger partial charge in [-0.1, -0.05) is 103 Å². The van der Waals surface area contributed by atoms with Gasteiger partial charge in [0.2, 0.25) is 5.82 Å². The van der Waals surface area contributed by atoms with Crippen LogP contribution in [-0.2, 0) is 5.54 Å². The summed E-state index contributed by atoms with van der Waals surface area (Å²) >= 11 is 0. The normalized spacial score (nSPS) is 11.8. The van der Waals surface area contributed by atoms with E-state index in [-0.39, 0.29) is 5.69 Å². The van der Waals surface area contributed by atoms with Gasteiger partial charge in [0.25, 0.3) is 0 Å². The molecule has 0 fully saturated rings. The van der Waals surface area contributed by atoms with Gasteiger partial charge in [-0.05, 0) is 40.5 Å². The van der Waals surface area contributed by atoms with Gasteiger partial charge in [0, 0.05) is 17.5 Å². The van der Waals surface area contributed by atoms with Crippen LogP contribution in [0.25, 0.3) is 23.1 Å². The monoisotopic (exact) mass is 561 g/mol. The van der Waals surface area contributed by atoms with Crippen LogP contribution in [-0.4, -0.2) is 14.7 Å². The molecule has 8 heteroatoms. The molecule has 0 unspecified atom stereocenters. The van der Waals surface area contributed by atoms with Gasteiger partial charge in [-0.2, -0.15) is 9.49 Å². The summed E-state index contributed by atoms with van der Waals surface area (Å²) in [4.78, 5) is 11.0. The van der Waals surface area contributed by atoms with Crippen molar-refractivity contribution in [2.75, 3.05) is 0 Å². The largest absolute Gasteiger partial charge is 0.305 e. The number of nitrogens with zero attached hydrogens (tertiary/aromatic N) is 3. The van der Waals surface area contributed by atoms with Crippen molar-refractivity contribution in [3.05, 3.63) is 177 Å². The van der Waals surface area contributed by atoms with Crippen LogP contribution in [0.5, 0.6) is 0 Å². The number of aromatic nitrogens is 2. The molecule has 0 saturated heterocycles. The van der Waals surface area contributed by atoms with Gasteiger partial charge in [-0.3, -0.25) is 10.1 Å². The van der Waals surface area contributed by atoms with Crippen molar-refractivity contribution in [2.24, 2.45) is 0 Å². The van der Waals surface area contributed by atoms with Crippen molar-refractivity contribution in [2.45, 2.75) is 5.54 Å². The van der Waals surface area contributed by atoms with Gasteiger partial charge in [0.05, 0.1) is 16.1 Å². The maximum absolute atomic E-state index is 15.3. The highest BCUT2D eigenvalue weighted by molar-refractivity contribution is 5.92. The molecule has 1 heterocycles. The van der Waals surface area contributed by atoms with E-state index in [4.69, 9.17) is 5.10 Å². The number of halogens is 3. The summed E-state index contributed by atoms with van der Waals surface area (Å²) < 4.78 is 44.4. The molecule has 206 valence electrons. The Hall–Kier alpha value is -5.50. The Kier molecular flexibility index (Phi) is 6.88. The van der Waals surface area contributed by atoms with E-state index in [0.717, 1.165) is 41.0 Å². The first-order chi connectivity index (χ1) is 20.4. The molecular weight excluding hydrogens is 539 g/mol. The molecule has 5 nitrogen and oxygen atoms in total. The third-order valence-corrected chi connectivity index (χ3v) is 7.24. The smallest absolute Gasteiger partial charge is 0.258 e. The number of nitro benzene ring substituents is 1. The van der Waals surface area contributed by atoms with E-state index in [1.54, 1.807) is 10.8 Å². The van der Waals surface area contributed by atoms with E-state index in [1.807, 2.05) is 91.0 Å². The summed E-state index contributed by atoms with van der Waals surface area (Å²) in [7, 11) is 0. The van der Waals surface area contributed by atoms with Gasteiger partial charge >= 0.3 is 5.69 Å². The van der Waals surface area contributed by atoms with Crippen molar-refractivity contribution in [1.29, 1.82) is 0 Å². The predicted octanol–water partition coefficient (Wildman–Crippen LogP) is 8.37. The summed E-state index contributed by atoms with van der Waals surface area (Å²) in [6, 6.07) is 34.5.